The number of piperidine rings is 1. The van der Waals surface area contributed by atoms with Crippen LogP contribution in [0.5, 0.6) is 0 Å². The minimum atomic E-state index is -1.07. The summed E-state index contributed by atoms with van der Waals surface area (Å²) in [4.78, 5) is 48.0. The van der Waals surface area contributed by atoms with Crippen molar-refractivity contribution in [1.82, 2.24) is 10.4 Å². The van der Waals surface area contributed by atoms with Crippen LogP contribution >= 0.6 is 0 Å². The van der Waals surface area contributed by atoms with Crippen LogP contribution in [0.2, 0.25) is 0 Å². The Bertz CT molecular complexity index is 700. The number of fused-ring (bicyclic) bond motifs is 2. The molecule has 4 aliphatic heterocycles. The fourth-order valence-corrected chi connectivity index (χ4v) is 5.58. The number of carboxylic acid groups (broad SMARTS) is 1. The number of hydrogen-bond acceptors (Lipinski definition) is 6. The van der Waals surface area contributed by atoms with E-state index in [1.165, 1.54) is 5.01 Å². The average molecular weight is 396 g/mol. The third-order valence-electron chi connectivity index (χ3n) is 7.07. The van der Waals surface area contributed by atoms with Gasteiger partial charge in [-0.2, -0.15) is 0 Å². The number of hydrogen-bond donors (Lipinski definition) is 2. The first-order valence-corrected chi connectivity index (χ1v) is 10.1. The summed E-state index contributed by atoms with van der Waals surface area (Å²) in [6, 6.07) is 0. The van der Waals surface area contributed by atoms with Crippen molar-refractivity contribution < 1.29 is 34.0 Å². The van der Waals surface area contributed by atoms with E-state index < -0.39 is 29.5 Å². The van der Waals surface area contributed by atoms with E-state index in [0.29, 0.717) is 12.3 Å². The zero-order valence-corrected chi connectivity index (χ0v) is 16.5. The Labute approximate surface area is 163 Å². The summed E-state index contributed by atoms with van der Waals surface area (Å²) in [6.07, 6.45) is 2.00. The number of carbonyl (C=O) groups excluding carboxylic acids is 2. The zero-order chi connectivity index (χ0) is 20.3. The van der Waals surface area contributed by atoms with Crippen LogP contribution in [0.25, 0.3) is 0 Å². The van der Waals surface area contributed by atoms with Crippen molar-refractivity contribution in [3.8, 4) is 0 Å². The number of ether oxygens (including phenoxy) is 1. The molecule has 0 aromatic rings. The molecule has 0 aromatic heterocycles. The maximum absolute atomic E-state index is 13.1. The Morgan fingerprint density at radius 1 is 1.18 bits per heavy atom. The van der Waals surface area contributed by atoms with Gasteiger partial charge in [0, 0.05) is 24.7 Å². The van der Waals surface area contributed by atoms with Gasteiger partial charge in [0.1, 0.15) is 0 Å². The molecule has 0 aromatic carbocycles. The van der Waals surface area contributed by atoms with Crippen LogP contribution in [-0.4, -0.2) is 45.5 Å². The number of nitrogens with zero attached hydrogens (tertiary/aromatic N) is 1. The number of amides is 2. The van der Waals surface area contributed by atoms with Crippen molar-refractivity contribution in [2.45, 2.75) is 76.9 Å². The molecule has 28 heavy (non-hydrogen) atoms. The Balaban J connectivity index is 1.70. The van der Waals surface area contributed by atoms with Gasteiger partial charge in [-0.25, -0.2) is 14.8 Å². The van der Waals surface area contributed by atoms with Gasteiger partial charge in [0.05, 0.1) is 6.42 Å². The standard InChI is InChI=1S/C19H28N2O7/c1-10-4-5-13-11(2)16(25)21(20-14(22)6-7-15(23)24)17-19(13)12(10)8-9-18(3,26-17)27-28-19/h10-13,17H,4-9H2,1-3H3,(H,20,22)(H,23,24). The summed E-state index contributed by atoms with van der Waals surface area (Å²) in [5.41, 5.74) is 1.76. The molecule has 7 unspecified atom stereocenters. The first-order chi connectivity index (χ1) is 13.2. The van der Waals surface area contributed by atoms with Crippen LogP contribution in [0.1, 0.15) is 59.3 Å². The number of rotatable bonds is 4. The molecule has 1 saturated carbocycles. The smallest absolute Gasteiger partial charge is 0.303 e. The zero-order valence-electron chi connectivity index (χ0n) is 16.5. The topological polar surface area (TPSA) is 114 Å². The molecule has 9 nitrogen and oxygen atoms in total. The van der Waals surface area contributed by atoms with E-state index in [4.69, 9.17) is 19.6 Å². The summed E-state index contributed by atoms with van der Waals surface area (Å²) < 4.78 is 6.26. The molecule has 1 spiro atoms. The number of carboxylic acids is 1. The van der Waals surface area contributed by atoms with E-state index in [1.807, 2.05) is 6.92 Å². The van der Waals surface area contributed by atoms with Crippen LogP contribution in [-0.2, 0) is 28.9 Å². The van der Waals surface area contributed by atoms with Crippen molar-refractivity contribution >= 4 is 17.8 Å². The summed E-state index contributed by atoms with van der Waals surface area (Å²) in [6.45, 7) is 5.82. The van der Waals surface area contributed by atoms with Crippen LogP contribution in [0.15, 0.2) is 0 Å². The maximum Gasteiger partial charge on any atom is 0.303 e. The van der Waals surface area contributed by atoms with E-state index >= 15 is 0 Å². The predicted octanol–water partition coefficient (Wildman–Crippen LogP) is 1.58. The molecule has 4 heterocycles. The molecular formula is C19H28N2O7. The monoisotopic (exact) mass is 396 g/mol. The van der Waals surface area contributed by atoms with Gasteiger partial charge in [0.15, 0.2) is 11.8 Å². The van der Waals surface area contributed by atoms with Gasteiger partial charge < -0.3 is 9.84 Å². The highest BCUT2D eigenvalue weighted by molar-refractivity contribution is 5.86. The van der Waals surface area contributed by atoms with Gasteiger partial charge in [-0.05, 0) is 38.0 Å². The van der Waals surface area contributed by atoms with Gasteiger partial charge in [-0.1, -0.05) is 13.8 Å². The molecule has 2 N–H and O–H groups in total. The van der Waals surface area contributed by atoms with Gasteiger partial charge >= 0.3 is 5.97 Å². The normalized spacial score (nSPS) is 44.6. The number of carbonyl (C=O) groups is 3. The highest BCUT2D eigenvalue weighted by Crippen LogP contribution is 2.60. The second-order valence-electron chi connectivity index (χ2n) is 8.86. The third kappa shape index (κ3) is 2.83. The lowest BCUT2D eigenvalue weighted by molar-refractivity contribution is -0.549. The van der Waals surface area contributed by atoms with E-state index in [-0.39, 0.29) is 36.5 Å². The molecule has 5 aliphatic rings. The Kier molecular flexibility index (Phi) is 4.67. The highest BCUT2D eigenvalue weighted by atomic mass is 17.3. The fraction of sp³-hybridized carbons (Fsp3) is 0.842. The molecule has 0 radical (unpaired) electrons. The lowest BCUT2D eigenvalue weighted by Crippen LogP contribution is -2.77. The number of hydrazine groups is 1. The summed E-state index contributed by atoms with van der Waals surface area (Å²) in [7, 11) is 0. The molecule has 5 rings (SSSR count). The Morgan fingerprint density at radius 3 is 2.64 bits per heavy atom. The molecule has 9 heteroatoms. The second kappa shape index (κ2) is 6.67. The van der Waals surface area contributed by atoms with E-state index in [1.54, 1.807) is 6.92 Å². The molecule has 156 valence electrons. The van der Waals surface area contributed by atoms with E-state index in [9.17, 15) is 14.4 Å². The highest BCUT2D eigenvalue weighted by Gasteiger charge is 2.71. The fourth-order valence-electron chi connectivity index (χ4n) is 5.58. The van der Waals surface area contributed by atoms with Crippen molar-refractivity contribution in [1.29, 1.82) is 0 Å². The van der Waals surface area contributed by atoms with Gasteiger partial charge in [-0.3, -0.25) is 19.8 Å². The molecule has 1 aliphatic carbocycles. The van der Waals surface area contributed by atoms with Crippen molar-refractivity contribution in [3.63, 3.8) is 0 Å². The van der Waals surface area contributed by atoms with E-state index in [2.05, 4.69) is 12.3 Å². The van der Waals surface area contributed by atoms with Crippen molar-refractivity contribution in [3.05, 3.63) is 0 Å². The first kappa shape index (κ1) is 19.6. The lowest BCUT2D eigenvalue weighted by Gasteiger charge is -2.61. The van der Waals surface area contributed by atoms with E-state index in [0.717, 1.165) is 19.3 Å². The summed E-state index contributed by atoms with van der Waals surface area (Å²) in [5, 5.41) is 10.1. The molecule has 2 bridgehead atoms. The van der Waals surface area contributed by atoms with Crippen molar-refractivity contribution in [2.24, 2.45) is 23.7 Å². The Morgan fingerprint density at radius 2 is 1.93 bits per heavy atom. The molecule has 4 saturated heterocycles. The third-order valence-corrected chi connectivity index (χ3v) is 7.07. The SMILES string of the molecule is CC1CCC2C(C)C(=O)N(NC(=O)CCC(=O)O)C3OC4(C)CCC1C23OO4. The van der Waals surface area contributed by atoms with Gasteiger partial charge in [0.25, 0.3) is 0 Å². The summed E-state index contributed by atoms with van der Waals surface area (Å²) >= 11 is 0. The first-order valence-electron chi connectivity index (χ1n) is 10.1. The Hall–Kier alpha value is -1.71. The largest absolute Gasteiger partial charge is 0.481 e. The second-order valence-corrected chi connectivity index (χ2v) is 8.86. The number of aliphatic carboxylic acids is 1. The molecule has 2 amide bonds. The average Bonchev–Trinajstić information content (AvgIpc) is 2.88. The predicted molar refractivity (Wildman–Crippen MR) is 93.8 cm³/mol. The van der Waals surface area contributed by atoms with Crippen LogP contribution in [0, 0.1) is 23.7 Å². The number of nitrogens with one attached hydrogen (secondary N) is 1. The minimum absolute atomic E-state index is 0.0685. The molecule has 5 fully saturated rings. The summed E-state index contributed by atoms with van der Waals surface area (Å²) in [5.74, 6) is -2.78. The lowest BCUT2D eigenvalue weighted by atomic mass is 9.57. The van der Waals surface area contributed by atoms with Crippen molar-refractivity contribution in [2.75, 3.05) is 0 Å². The quantitative estimate of drug-likeness (QED) is 0.693. The molecule has 7 atom stereocenters. The van der Waals surface area contributed by atoms with Gasteiger partial charge in [0.2, 0.25) is 17.6 Å². The van der Waals surface area contributed by atoms with Gasteiger partial charge in [-0.15, -0.1) is 0 Å². The maximum atomic E-state index is 13.1. The van der Waals surface area contributed by atoms with Crippen LogP contribution < -0.4 is 5.43 Å². The van der Waals surface area contributed by atoms with Crippen LogP contribution in [0.3, 0.4) is 0 Å². The van der Waals surface area contributed by atoms with Crippen LogP contribution in [0.4, 0.5) is 0 Å². The minimum Gasteiger partial charge on any atom is -0.481 e. The molecular weight excluding hydrogens is 368 g/mol.